The first kappa shape index (κ1) is 16.9. The summed E-state index contributed by atoms with van der Waals surface area (Å²) in [5.41, 5.74) is 0.908. The second-order valence-electron chi connectivity index (χ2n) is 5.95. The van der Waals surface area contributed by atoms with Gasteiger partial charge in [-0.15, -0.1) is 0 Å². The van der Waals surface area contributed by atoms with Crippen molar-refractivity contribution < 1.29 is 17.9 Å². The first-order valence-corrected chi connectivity index (χ1v) is 10.5. The number of rotatable bonds is 4. The zero-order valence-corrected chi connectivity index (χ0v) is 14.8. The third-order valence-electron chi connectivity index (χ3n) is 4.43. The van der Waals surface area contributed by atoms with E-state index in [2.05, 4.69) is 0 Å². The lowest BCUT2D eigenvalue weighted by Crippen LogP contribution is -2.51. The molecule has 2 fully saturated rings. The average Bonchev–Trinajstić information content (AvgIpc) is 2.99. The van der Waals surface area contributed by atoms with Crippen molar-refractivity contribution in [2.45, 2.75) is 25.9 Å². The van der Waals surface area contributed by atoms with Crippen LogP contribution in [0, 0.1) is 5.92 Å². The predicted molar refractivity (Wildman–Crippen MR) is 90.2 cm³/mol. The van der Waals surface area contributed by atoms with Crippen molar-refractivity contribution in [3.63, 3.8) is 0 Å². The molecule has 0 N–H and O–H groups in total. The molecule has 2 aliphatic heterocycles. The van der Waals surface area contributed by atoms with Crippen molar-refractivity contribution in [3.8, 4) is 0 Å². The summed E-state index contributed by atoms with van der Waals surface area (Å²) in [6.45, 7) is 3.50. The van der Waals surface area contributed by atoms with E-state index in [1.54, 1.807) is 16.2 Å². The Kier molecular flexibility index (Phi) is 5.05. The molecule has 1 amide bonds. The second kappa shape index (κ2) is 6.88. The summed E-state index contributed by atoms with van der Waals surface area (Å²) in [6.07, 6.45) is 0.776. The molecule has 0 aromatic carbocycles. The molecule has 0 bridgehead atoms. The largest absolute Gasteiger partial charge is 0.374 e. The van der Waals surface area contributed by atoms with E-state index in [0.29, 0.717) is 32.5 Å². The molecule has 3 rings (SSSR count). The van der Waals surface area contributed by atoms with Gasteiger partial charge in [0.05, 0.1) is 30.1 Å². The Morgan fingerprint density at radius 2 is 2.22 bits per heavy atom. The first-order chi connectivity index (χ1) is 11.0. The number of thiophene rings is 1. The highest BCUT2D eigenvalue weighted by atomic mass is 32.2. The minimum absolute atomic E-state index is 0.0541. The standard InChI is InChI=1S/C15H22N2O4S2/c1-2-9-23(19,20)16-5-3-13-14(10-16)21-7-6-17(15(13)18)12-4-8-22-11-12/h4,8,11,13-14H,2-3,5-7,9-10H2,1H3/t13-,14+/m1/s1. The Morgan fingerprint density at radius 3 is 2.91 bits per heavy atom. The number of piperidine rings is 1. The number of nitrogens with zero attached hydrogens (tertiary/aromatic N) is 2. The van der Waals surface area contributed by atoms with Crippen LogP contribution in [0.3, 0.4) is 0 Å². The number of carbonyl (C=O) groups excluding carboxylic acids is 1. The summed E-state index contributed by atoms with van der Waals surface area (Å²) < 4.78 is 31.8. The molecular formula is C15H22N2O4S2. The number of hydrogen-bond acceptors (Lipinski definition) is 5. The molecule has 0 aliphatic carbocycles. The van der Waals surface area contributed by atoms with Gasteiger partial charge in [-0.25, -0.2) is 8.42 Å². The maximum Gasteiger partial charge on any atom is 0.232 e. The van der Waals surface area contributed by atoms with E-state index < -0.39 is 10.0 Å². The minimum Gasteiger partial charge on any atom is -0.374 e. The van der Waals surface area contributed by atoms with E-state index in [0.717, 1.165) is 5.69 Å². The van der Waals surface area contributed by atoms with Gasteiger partial charge in [-0.1, -0.05) is 6.92 Å². The molecule has 0 saturated carbocycles. The van der Waals surface area contributed by atoms with Gasteiger partial charge in [-0.2, -0.15) is 15.6 Å². The number of hydrogen-bond donors (Lipinski definition) is 0. The van der Waals surface area contributed by atoms with Crippen molar-refractivity contribution >= 4 is 33.0 Å². The molecule has 2 saturated heterocycles. The average molecular weight is 358 g/mol. The van der Waals surface area contributed by atoms with Crippen molar-refractivity contribution in [1.29, 1.82) is 0 Å². The minimum atomic E-state index is -3.24. The van der Waals surface area contributed by atoms with Gasteiger partial charge in [0.1, 0.15) is 0 Å². The van der Waals surface area contributed by atoms with Crippen LogP contribution in [-0.4, -0.2) is 56.7 Å². The van der Waals surface area contributed by atoms with E-state index in [-0.39, 0.29) is 30.2 Å². The van der Waals surface area contributed by atoms with E-state index in [1.165, 1.54) is 4.31 Å². The van der Waals surface area contributed by atoms with E-state index in [1.807, 2.05) is 23.8 Å². The number of carbonyl (C=O) groups is 1. The second-order valence-corrected chi connectivity index (χ2v) is 8.82. The molecular weight excluding hydrogens is 336 g/mol. The maximum absolute atomic E-state index is 12.8. The molecule has 2 aliphatic rings. The fourth-order valence-electron chi connectivity index (χ4n) is 3.25. The van der Waals surface area contributed by atoms with Gasteiger partial charge in [-0.05, 0) is 24.3 Å². The summed E-state index contributed by atoms with van der Waals surface area (Å²) in [5, 5.41) is 3.91. The first-order valence-electron chi connectivity index (χ1n) is 7.96. The Bertz CT molecular complexity index is 644. The molecule has 128 valence electrons. The van der Waals surface area contributed by atoms with Crippen LogP contribution in [0.5, 0.6) is 0 Å². The van der Waals surface area contributed by atoms with Crippen LogP contribution in [0.2, 0.25) is 0 Å². The van der Waals surface area contributed by atoms with Gasteiger partial charge >= 0.3 is 0 Å². The van der Waals surface area contributed by atoms with Crippen LogP contribution in [0.4, 0.5) is 5.69 Å². The number of amides is 1. The van der Waals surface area contributed by atoms with Crippen LogP contribution in [0.25, 0.3) is 0 Å². The number of ether oxygens (including phenoxy) is 1. The fourth-order valence-corrected chi connectivity index (χ4v) is 5.43. The highest BCUT2D eigenvalue weighted by molar-refractivity contribution is 7.89. The predicted octanol–water partition coefficient (Wildman–Crippen LogP) is 1.54. The zero-order chi connectivity index (χ0) is 16.4. The Labute approximate surface area is 141 Å². The van der Waals surface area contributed by atoms with Gasteiger partial charge in [0.25, 0.3) is 0 Å². The Hall–Kier alpha value is -0.960. The Morgan fingerprint density at radius 1 is 1.39 bits per heavy atom. The summed E-state index contributed by atoms with van der Waals surface area (Å²) >= 11 is 1.56. The van der Waals surface area contributed by atoms with Crippen LogP contribution in [-0.2, 0) is 19.6 Å². The quantitative estimate of drug-likeness (QED) is 0.819. The third-order valence-corrected chi connectivity index (χ3v) is 7.14. The molecule has 8 heteroatoms. The number of anilines is 1. The van der Waals surface area contributed by atoms with Crippen LogP contribution in [0.15, 0.2) is 16.8 Å². The van der Waals surface area contributed by atoms with Crippen LogP contribution < -0.4 is 4.90 Å². The molecule has 0 spiro atoms. The Balaban J connectivity index is 1.75. The van der Waals surface area contributed by atoms with E-state index in [9.17, 15) is 13.2 Å². The molecule has 3 heterocycles. The van der Waals surface area contributed by atoms with Crippen LogP contribution >= 0.6 is 11.3 Å². The van der Waals surface area contributed by atoms with Crippen molar-refractivity contribution in [3.05, 3.63) is 16.8 Å². The van der Waals surface area contributed by atoms with Gasteiger partial charge in [-0.3, -0.25) is 4.79 Å². The van der Waals surface area contributed by atoms with Gasteiger partial charge < -0.3 is 9.64 Å². The highest BCUT2D eigenvalue weighted by Crippen LogP contribution is 2.30. The SMILES string of the molecule is CCCS(=O)(=O)N1CC[C@H]2C(=O)N(c3ccsc3)CCO[C@H]2C1. The monoisotopic (exact) mass is 358 g/mol. The molecule has 1 aromatic rings. The zero-order valence-electron chi connectivity index (χ0n) is 13.2. The summed E-state index contributed by atoms with van der Waals surface area (Å²) in [6, 6.07) is 1.93. The summed E-state index contributed by atoms with van der Waals surface area (Å²) in [7, 11) is -3.24. The molecule has 2 atom stereocenters. The topological polar surface area (TPSA) is 66.9 Å². The van der Waals surface area contributed by atoms with E-state index in [4.69, 9.17) is 4.74 Å². The smallest absolute Gasteiger partial charge is 0.232 e. The van der Waals surface area contributed by atoms with E-state index >= 15 is 0 Å². The third kappa shape index (κ3) is 3.45. The summed E-state index contributed by atoms with van der Waals surface area (Å²) in [4.78, 5) is 14.6. The lowest BCUT2D eigenvalue weighted by Gasteiger charge is -2.36. The van der Waals surface area contributed by atoms with Gasteiger partial charge in [0, 0.05) is 25.0 Å². The van der Waals surface area contributed by atoms with Gasteiger partial charge in [0.15, 0.2) is 0 Å². The molecule has 0 unspecified atom stereocenters. The highest BCUT2D eigenvalue weighted by Gasteiger charge is 2.42. The van der Waals surface area contributed by atoms with Crippen molar-refractivity contribution in [2.24, 2.45) is 5.92 Å². The lowest BCUT2D eigenvalue weighted by atomic mass is 9.93. The molecule has 6 nitrogen and oxygen atoms in total. The van der Waals surface area contributed by atoms with Crippen LogP contribution in [0.1, 0.15) is 19.8 Å². The molecule has 1 aromatic heterocycles. The normalized spacial score (nSPS) is 26.8. The lowest BCUT2D eigenvalue weighted by molar-refractivity contribution is -0.127. The number of sulfonamides is 1. The van der Waals surface area contributed by atoms with Gasteiger partial charge in [0.2, 0.25) is 15.9 Å². The fraction of sp³-hybridized carbons (Fsp3) is 0.667. The number of fused-ring (bicyclic) bond motifs is 1. The molecule has 0 radical (unpaired) electrons. The maximum atomic E-state index is 12.8. The molecule has 23 heavy (non-hydrogen) atoms. The summed E-state index contributed by atoms with van der Waals surface area (Å²) in [5.74, 6) is -0.0526. The van der Waals surface area contributed by atoms with Crippen molar-refractivity contribution in [2.75, 3.05) is 36.9 Å². The van der Waals surface area contributed by atoms with Crippen molar-refractivity contribution in [1.82, 2.24) is 4.31 Å².